The zero-order chi connectivity index (χ0) is 10.5. The average molecular weight is 185 g/mol. The van der Waals surface area contributed by atoms with Crippen LogP contribution in [-0.4, -0.2) is 5.54 Å². The van der Waals surface area contributed by atoms with E-state index in [-0.39, 0.29) is 5.54 Å². The van der Waals surface area contributed by atoms with Crippen molar-refractivity contribution in [2.45, 2.75) is 65.8 Å². The number of rotatable bonds is 6. The van der Waals surface area contributed by atoms with Crippen LogP contribution in [0.1, 0.15) is 60.3 Å². The van der Waals surface area contributed by atoms with Crippen molar-refractivity contribution in [2.24, 2.45) is 17.6 Å². The summed E-state index contributed by atoms with van der Waals surface area (Å²) in [7, 11) is 0. The molecule has 0 aromatic heterocycles. The summed E-state index contributed by atoms with van der Waals surface area (Å²) in [6.45, 7) is 11.2. The topological polar surface area (TPSA) is 26.0 Å². The summed E-state index contributed by atoms with van der Waals surface area (Å²) in [4.78, 5) is 0. The second kappa shape index (κ2) is 5.64. The smallest absolute Gasteiger partial charge is 0.0177 e. The van der Waals surface area contributed by atoms with E-state index in [0.717, 1.165) is 12.3 Å². The van der Waals surface area contributed by atoms with E-state index in [1.807, 2.05) is 0 Å². The Morgan fingerprint density at radius 3 is 1.77 bits per heavy atom. The molecule has 80 valence electrons. The molecule has 0 saturated carbocycles. The standard InChI is InChI=1S/C12H27N/c1-6-11(7-2)9-12(13,8-3)10(4)5/h10-11H,6-9,13H2,1-5H3. The zero-order valence-corrected chi connectivity index (χ0v) is 10.1. The molecule has 0 aliphatic heterocycles. The van der Waals surface area contributed by atoms with Crippen LogP contribution in [0.15, 0.2) is 0 Å². The third-order valence-electron chi connectivity index (χ3n) is 3.63. The van der Waals surface area contributed by atoms with Gasteiger partial charge in [0.25, 0.3) is 0 Å². The van der Waals surface area contributed by atoms with E-state index in [4.69, 9.17) is 5.73 Å². The first-order valence-corrected chi connectivity index (χ1v) is 5.79. The second-order valence-corrected chi connectivity index (χ2v) is 4.63. The molecule has 0 aromatic carbocycles. The van der Waals surface area contributed by atoms with Gasteiger partial charge in [-0.15, -0.1) is 0 Å². The largest absolute Gasteiger partial charge is 0.325 e. The van der Waals surface area contributed by atoms with Gasteiger partial charge in [-0.2, -0.15) is 0 Å². The summed E-state index contributed by atoms with van der Waals surface area (Å²) in [5, 5.41) is 0. The molecule has 1 unspecified atom stereocenters. The van der Waals surface area contributed by atoms with Gasteiger partial charge in [0.15, 0.2) is 0 Å². The van der Waals surface area contributed by atoms with Gasteiger partial charge in [-0.1, -0.05) is 47.5 Å². The SMILES string of the molecule is CCC(CC)CC(N)(CC)C(C)C. The highest BCUT2D eigenvalue weighted by atomic mass is 14.7. The van der Waals surface area contributed by atoms with Crippen LogP contribution < -0.4 is 5.73 Å². The predicted octanol–water partition coefficient (Wildman–Crippen LogP) is 3.58. The summed E-state index contributed by atoms with van der Waals surface area (Å²) in [5.41, 5.74) is 6.46. The minimum atomic E-state index is 0.0662. The van der Waals surface area contributed by atoms with E-state index in [1.54, 1.807) is 0 Å². The summed E-state index contributed by atoms with van der Waals surface area (Å²) < 4.78 is 0. The Labute approximate surface area is 84.1 Å². The Balaban J connectivity index is 4.24. The maximum Gasteiger partial charge on any atom is 0.0177 e. The van der Waals surface area contributed by atoms with Gasteiger partial charge in [-0.05, 0) is 24.7 Å². The molecule has 2 N–H and O–H groups in total. The molecule has 0 heterocycles. The van der Waals surface area contributed by atoms with Gasteiger partial charge in [0.1, 0.15) is 0 Å². The van der Waals surface area contributed by atoms with Gasteiger partial charge in [-0.3, -0.25) is 0 Å². The third kappa shape index (κ3) is 3.68. The van der Waals surface area contributed by atoms with Gasteiger partial charge < -0.3 is 5.73 Å². The molecule has 0 spiro atoms. The summed E-state index contributed by atoms with van der Waals surface area (Å²) in [6.07, 6.45) is 4.82. The van der Waals surface area contributed by atoms with Crippen molar-refractivity contribution in [1.82, 2.24) is 0 Å². The number of hydrogen-bond acceptors (Lipinski definition) is 1. The first kappa shape index (κ1) is 13.0. The highest BCUT2D eigenvalue weighted by molar-refractivity contribution is 4.87. The van der Waals surface area contributed by atoms with Gasteiger partial charge >= 0.3 is 0 Å². The molecule has 0 aromatic rings. The Morgan fingerprint density at radius 1 is 1.08 bits per heavy atom. The minimum Gasteiger partial charge on any atom is -0.325 e. The first-order valence-electron chi connectivity index (χ1n) is 5.79. The van der Waals surface area contributed by atoms with E-state index in [2.05, 4.69) is 34.6 Å². The molecule has 0 amide bonds. The Morgan fingerprint density at radius 2 is 1.54 bits per heavy atom. The van der Waals surface area contributed by atoms with Crippen LogP contribution >= 0.6 is 0 Å². The van der Waals surface area contributed by atoms with Crippen molar-refractivity contribution in [3.8, 4) is 0 Å². The fourth-order valence-electron chi connectivity index (χ4n) is 1.90. The van der Waals surface area contributed by atoms with Gasteiger partial charge in [-0.25, -0.2) is 0 Å². The lowest BCUT2D eigenvalue weighted by atomic mass is 9.76. The van der Waals surface area contributed by atoms with Crippen molar-refractivity contribution in [1.29, 1.82) is 0 Å². The van der Waals surface area contributed by atoms with Crippen LogP contribution in [0.3, 0.4) is 0 Å². The molecule has 1 nitrogen and oxygen atoms in total. The van der Waals surface area contributed by atoms with Crippen LogP contribution in [0, 0.1) is 11.8 Å². The number of hydrogen-bond donors (Lipinski definition) is 1. The van der Waals surface area contributed by atoms with Crippen LogP contribution in [0.2, 0.25) is 0 Å². The maximum atomic E-state index is 6.39. The molecule has 1 atom stereocenters. The highest BCUT2D eigenvalue weighted by Gasteiger charge is 2.28. The van der Waals surface area contributed by atoms with Crippen LogP contribution in [0.25, 0.3) is 0 Å². The zero-order valence-electron chi connectivity index (χ0n) is 10.1. The number of nitrogens with two attached hydrogens (primary N) is 1. The van der Waals surface area contributed by atoms with E-state index in [9.17, 15) is 0 Å². The molecule has 0 aliphatic rings. The van der Waals surface area contributed by atoms with Crippen LogP contribution in [0.4, 0.5) is 0 Å². The van der Waals surface area contributed by atoms with Crippen LogP contribution in [0.5, 0.6) is 0 Å². The van der Waals surface area contributed by atoms with Crippen molar-refractivity contribution in [3.05, 3.63) is 0 Å². The fourth-order valence-corrected chi connectivity index (χ4v) is 1.90. The third-order valence-corrected chi connectivity index (χ3v) is 3.63. The first-order chi connectivity index (χ1) is 6.00. The van der Waals surface area contributed by atoms with E-state index < -0.39 is 0 Å². The van der Waals surface area contributed by atoms with Gasteiger partial charge in [0.05, 0.1) is 0 Å². The van der Waals surface area contributed by atoms with Gasteiger partial charge in [0.2, 0.25) is 0 Å². The normalized spacial score (nSPS) is 16.6. The van der Waals surface area contributed by atoms with Crippen molar-refractivity contribution >= 4 is 0 Å². The predicted molar refractivity (Wildman–Crippen MR) is 60.7 cm³/mol. The lowest BCUT2D eigenvalue weighted by Crippen LogP contribution is -2.45. The summed E-state index contributed by atoms with van der Waals surface area (Å²) in [5.74, 6) is 1.41. The maximum absolute atomic E-state index is 6.39. The van der Waals surface area contributed by atoms with Gasteiger partial charge in [0, 0.05) is 5.54 Å². The van der Waals surface area contributed by atoms with E-state index >= 15 is 0 Å². The fraction of sp³-hybridized carbons (Fsp3) is 1.00. The highest BCUT2D eigenvalue weighted by Crippen LogP contribution is 2.28. The van der Waals surface area contributed by atoms with E-state index in [0.29, 0.717) is 5.92 Å². The minimum absolute atomic E-state index is 0.0662. The second-order valence-electron chi connectivity index (χ2n) is 4.63. The van der Waals surface area contributed by atoms with E-state index in [1.165, 1.54) is 19.3 Å². The molecule has 0 radical (unpaired) electrons. The summed E-state index contributed by atoms with van der Waals surface area (Å²) >= 11 is 0. The lowest BCUT2D eigenvalue weighted by molar-refractivity contribution is 0.226. The lowest BCUT2D eigenvalue weighted by Gasteiger charge is -2.35. The van der Waals surface area contributed by atoms with Crippen molar-refractivity contribution in [3.63, 3.8) is 0 Å². The Bertz CT molecular complexity index is 127. The molecular weight excluding hydrogens is 158 g/mol. The molecule has 0 aliphatic carbocycles. The Kier molecular flexibility index (Phi) is 5.62. The van der Waals surface area contributed by atoms with Crippen molar-refractivity contribution in [2.75, 3.05) is 0 Å². The van der Waals surface area contributed by atoms with Crippen molar-refractivity contribution < 1.29 is 0 Å². The molecular formula is C12H27N. The molecule has 0 fully saturated rings. The Hall–Kier alpha value is -0.0400. The average Bonchev–Trinajstić information content (AvgIpc) is 2.13. The summed E-state index contributed by atoms with van der Waals surface area (Å²) in [6, 6.07) is 0. The molecule has 0 saturated heterocycles. The monoisotopic (exact) mass is 185 g/mol. The molecule has 1 heteroatoms. The quantitative estimate of drug-likeness (QED) is 0.672. The molecule has 0 bridgehead atoms. The molecule has 0 rings (SSSR count). The molecule has 13 heavy (non-hydrogen) atoms. The van der Waals surface area contributed by atoms with Crippen LogP contribution in [-0.2, 0) is 0 Å².